The van der Waals surface area contributed by atoms with Crippen molar-refractivity contribution in [2.24, 2.45) is 0 Å². The SMILES string of the molecule is CCOc1ccc2ccc(OCC)c(C=C3SC(=N)NC3=O)c2c1. The normalized spacial score (nSPS) is 15.8. The number of nitrogens with one attached hydrogen (secondary N) is 2. The zero-order valence-electron chi connectivity index (χ0n) is 13.5. The van der Waals surface area contributed by atoms with Crippen LogP contribution in [-0.4, -0.2) is 24.3 Å². The fourth-order valence-corrected chi connectivity index (χ4v) is 3.25. The van der Waals surface area contributed by atoms with Crippen LogP contribution >= 0.6 is 11.8 Å². The molecule has 2 aromatic rings. The van der Waals surface area contributed by atoms with Gasteiger partial charge in [-0.3, -0.25) is 10.2 Å². The quantitative estimate of drug-likeness (QED) is 0.811. The highest BCUT2D eigenvalue weighted by Crippen LogP contribution is 2.35. The first-order chi connectivity index (χ1) is 11.6. The van der Waals surface area contributed by atoms with E-state index in [1.54, 1.807) is 6.08 Å². The van der Waals surface area contributed by atoms with E-state index in [4.69, 9.17) is 14.9 Å². The van der Waals surface area contributed by atoms with Gasteiger partial charge in [0.2, 0.25) is 0 Å². The molecule has 6 heteroatoms. The van der Waals surface area contributed by atoms with Crippen LogP contribution in [-0.2, 0) is 4.79 Å². The third kappa shape index (κ3) is 3.23. The number of thioether (sulfide) groups is 1. The van der Waals surface area contributed by atoms with Gasteiger partial charge < -0.3 is 14.8 Å². The molecule has 0 aromatic heterocycles. The number of benzene rings is 2. The minimum atomic E-state index is -0.259. The van der Waals surface area contributed by atoms with E-state index in [0.29, 0.717) is 23.9 Å². The molecule has 0 spiro atoms. The molecule has 0 saturated carbocycles. The summed E-state index contributed by atoms with van der Waals surface area (Å²) in [6, 6.07) is 9.76. The summed E-state index contributed by atoms with van der Waals surface area (Å²) in [4.78, 5) is 12.4. The molecule has 1 aliphatic rings. The Bertz CT molecular complexity index is 840. The lowest BCUT2D eigenvalue weighted by Gasteiger charge is -2.12. The van der Waals surface area contributed by atoms with Gasteiger partial charge in [0, 0.05) is 5.56 Å². The van der Waals surface area contributed by atoms with Crippen LogP contribution in [0.2, 0.25) is 0 Å². The average Bonchev–Trinajstić information content (AvgIpc) is 2.88. The van der Waals surface area contributed by atoms with Crippen molar-refractivity contribution < 1.29 is 14.3 Å². The van der Waals surface area contributed by atoms with E-state index in [0.717, 1.165) is 33.8 Å². The van der Waals surface area contributed by atoms with Crippen LogP contribution in [0.15, 0.2) is 35.2 Å². The highest BCUT2D eigenvalue weighted by molar-refractivity contribution is 8.18. The summed E-state index contributed by atoms with van der Waals surface area (Å²) in [5.41, 5.74) is 0.822. The van der Waals surface area contributed by atoms with Crippen LogP contribution in [0.5, 0.6) is 11.5 Å². The van der Waals surface area contributed by atoms with Crippen LogP contribution in [0.25, 0.3) is 16.8 Å². The predicted octanol–water partition coefficient (Wildman–Crippen LogP) is 3.78. The van der Waals surface area contributed by atoms with E-state index >= 15 is 0 Å². The van der Waals surface area contributed by atoms with Crippen molar-refractivity contribution in [3.8, 4) is 11.5 Å². The van der Waals surface area contributed by atoms with E-state index in [-0.39, 0.29) is 11.1 Å². The van der Waals surface area contributed by atoms with Crippen molar-refractivity contribution in [3.05, 3.63) is 40.8 Å². The van der Waals surface area contributed by atoms with Gasteiger partial charge in [0.1, 0.15) is 11.5 Å². The molecular weight excluding hydrogens is 324 g/mol. The Hall–Kier alpha value is -2.47. The standard InChI is InChI=1S/C18H18N2O3S/c1-3-22-12-7-5-11-6-8-15(23-4-2)14(13(11)9-12)10-16-17(21)20-18(19)24-16/h5-10H,3-4H2,1-2H3,(H2,19,20,21). The lowest BCUT2D eigenvalue weighted by atomic mass is 10.0. The third-order valence-corrected chi connectivity index (χ3v) is 4.37. The number of amides is 1. The van der Waals surface area contributed by atoms with Crippen molar-refractivity contribution in [2.45, 2.75) is 13.8 Å². The van der Waals surface area contributed by atoms with Gasteiger partial charge in [-0.25, -0.2) is 0 Å². The molecule has 0 aliphatic carbocycles. The van der Waals surface area contributed by atoms with Crippen molar-refractivity contribution in [2.75, 3.05) is 13.2 Å². The molecule has 1 amide bonds. The number of rotatable bonds is 5. The molecule has 2 aromatic carbocycles. The number of carbonyl (C=O) groups excluding carboxylic acids is 1. The summed E-state index contributed by atoms with van der Waals surface area (Å²) >= 11 is 1.12. The van der Waals surface area contributed by atoms with Crippen LogP contribution < -0.4 is 14.8 Å². The maximum Gasteiger partial charge on any atom is 0.264 e. The molecule has 0 bridgehead atoms. The zero-order valence-corrected chi connectivity index (χ0v) is 14.3. The van der Waals surface area contributed by atoms with E-state index < -0.39 is 0 Å². The molecule has 0 unspecified atom stereocenters. The van der Waals surface area contributed by atoms with E-state index in [2.05, 4.69) is 5.32 Å². The molecule has 2 N–H and O–H groups in total. The molecular formula is C18H18N2O3S. The summed E-state index contributed by atoms with van der Waals surface area (Å²) < 4.78 is 11.3. The molecule has 1 heterocycles. The Morgan fingerprint density at radius 3 is 2.58 bits per heavy atom. The van der Waals surface area contributed by atoms with Crippen LogP contribution in [0, 0.1) is 5.41 Å². The molecule has 3 rings (SSSR count). The summed E-state index contributed by atoms with van der Waals surface area (Å²) in [5, 5.41) is 12.2. The minimum Gasteiger partial charge on any atom is -0.494 e. The summed E-state index contributed by atoms with van der Waals surface area (Å²) in [6.07, 6.45) is 1.78. The Morgan fingerprint density at radius 1 is 1.17 bits per heavy atom. The molecule has 124 valence electrons. The highest BCUT2D eigenvalue weighted by atomic mass is 32.2. The van der Waals surface area contributed by atoms with Crippen LogP contribution in [0.4, 0.5) is 0 Å². The van der Waals surface area contributed by atoms with Gasteiger partial charge >= 0.3 is 0 Å². The summed E-state index contributed by atoms with van der Waals surface area (Å²) in [6.45, 7) is 4.98. The Balaban J connectivity index is 2.19. The Kier molecular flexibility index (Phi) is 4.76. The van der Waals surface area contributed by atoms with Crippen LogP contribution in [0.3, 0.4) is 0 Å². The van der Waals surface area contributed by atoms with Crippen molar-refractivity contribution in [1.29, 1.82) is 5.41 Å². The molecule has 1 saturated heterocycles. The number of fused-ring (bicyclic) bond motifs is 1. The molecule has 0 radical (unpaired) electrons. The van der Waals surface area contributed by atoms with Crippen molar-refractivity contribution >= 4 is 39.7 Å². The molecule has 1 aliphatic heterocycles. The Labute approximate surface area is 144 Å². The smallest absolute Gasteiger partial charge is 0.264 e. The third-order valence-electron chi connectivity index (χ3n) is 3.54. The second-order valence-electron chi connectivity index (χ2n) is 5.12. The second kappa shape index (κ2) is 6.97. The molecule has 24 heavy (non-hydrogen) atoms. The van der Waals surface area contributed by atoms with E-state index in [1.165, 1.54) is 0 Å². The zero-order chi connectivity index (χ0) is 17.1. The van der Waals surface area contributed by atoms with Gasteiger partial charge in [0.15, 0.2) is 5.17 Å². The number of hydrogen-bond acceptors (Lipinski definition) is 5. The first-order valence-electron chi connectivity index (χ1n) is 7.74. The van der Waals surface area contributed by atoms with Gasteiger partial charge in [0.05, 0.1) is 18.1 Å². The minimum absolute atomic E-state index is 0.138. The van der Waals surface area contributed by atoms with Crippen LogP contribution in [0.1, 0.15) is 19.4 Å². The van der Waals surface area contributed by atoms with Gasteiger partial charge in [-0.1, -0.05) is 12.1 Å². The average molecular weight is 342 g/mol. The number of ether oxygens (including phenoxy) is 2. The number of amidine groups is 1. The highest BCUT2D eigenvalue weighted by Gasteiger charge is 2.23. The molecule has 0 atom stereocenters. The van der Waals surface area contributed by atoms with Gasteiger partial charge in [-0.15, -0.1) is 0 Å². The predicted molar refractivity (Wildman–Crippen MR) is 97.7 cm³/mol. The van der Waals surface area contributed by atoms with Crippen molar-refractivity contribution in [3.63, 3.8) is 0 Å². The second-order valence-corrected chi connectivity index (χ2v) is 6.17. The van der Waals surface area contributed by atoms with E-state index in [9.17, 15) is 4.79 Å². The van der Waals surface area contributed by atoms with Gasteiger partial charge in [-0.2, -0.15) is 0 Å². The maximum absolute atomic E-state index is 12.0. The fraction of sp³-hybridized carbons (Fsp3) is 0.222. The lowest BCUT2D eigenvalue weighted by molar-refractivity contribution is -0.115. The topological polar surface area (TPSA) is 71.4 Å². The Morgan fingerprint density at radius 2 is 1.92 bits per heavy atom. The maximum atomic E-state index is 12.0. The molecule has 5 nitrogen and oxygen atoms in total. The monoisotopic (exact) mass is 342 g/mol. The summed E-state index contributed by atoms with van der Waals surface area (Å²) in [7, 11) is 0. The number of carbonyl (C=O) groups is 1. The lowest BCUT2D eigenvalue weighted by Crippen LogP contribution is -2.18. The number of hydrogen-bond donors (Lipinski definition) is 2. The van der Waals surface area contributed by atoms with E-state index in [1.807, 2.05) is 44.2 Å². The summed E-state index contributed by atoms with van der Waals surface area (Å²) in [5.74, 6) is 1.22. The fourth-order valence-electron chi connectivity index (χ4n) is 2.56. The largest absolute Gasteiger partial charge is 0.494 e. The molecule has 1 fully saturated rings. The van der Waals surface area contributed by atoms with Gasteiger partial charge in [-0.05, 0) is 60.7 Å². The first kappa shape index (κ1) is 16.4. The van der Waals surface area contributed by atoms with Gasteiger partial charge in [0.25, 0.3) is 5.91 Å². The van der Waals surface area contributed by atoms with Crippen molar-refractivity contribution in [1.82, 2.24) is 5.32 Å². The first-order valence-corrected chi connectivity index (χ1v) is 8.55.